The van der Waals surface area contributed by atoms with Gasteiger partial charge < -0.3 is 20.1 Å². The minimum absolute atomic E-state index is 0.204. The summed E-state index contributed by atoms with van der Waals surface area (Å²) in [7, 11) is 1.51. The molecule has 0 heterocycles. The normalized spacial score (nSPS) is 13.0. The van der Waals surface area contributed by atoms with E-state index in [9.17, 15) is 4.79 Å². The van der Waals surface area contributed by atoms with Crippen molar-refractivity contribution in [2.75, 3.05) is 39.9 Å². The van der Waals surface area contributed by atoms with Crippen molar-refractivity contribution < 1.29 is 14.6 Å². The van der Waals surface area contributed by atoms with E-state index in [1.54, 1.807) is 0 Å². The highest BCUT2D eigenvalue weighted by Gasteiger charge is 2.15. The van der Waals surface area contributed by atoms with Gasteiger partial charge >= 0.3 is 5.97 Å². The fourth-order valence-corrected chi connectivity index (χ4v) is 1.53. The van der Waals surface area contributed by atoms with Gasteiger partial charge in [0.2, 0.25) is 0 Å². The summed E-state index contributed by atoms with van der Waals surface area (Å²) in [4.78, 5) is 13.1. The molecule has 1 atom stereocenters. The van der Waals surface area contributed by atoms with Gasteiger partial charge in [-0.3, -0.25) is 4.79 Å². The smallest absolute Gasteiger partial charge is 0.323 e. The molecule has 0 aromatic rings. The van der Waals surface area contributed by atoms with Crippen LogP contribution in [0.5, 0.6) is 0 Å². The minimum atomic E-state index is -0.861. The van der Waals surface area contributed by atoms with Gasteiger partial charge in [-0.15, -0.1) is 0 Å². The third-order valence-corrected chi connectivity index (χ3v) is 2.44. The molecular weight excluding hydrogens is 208 g/mol. The van der Waals surface area contributed by atoms with Crippen LogP contribution < -0.4 is 5.32 Å². The number of carbonyl (C=O) groups is 1. The van der Waals surface area contributed by atoms with Gasteiger partial charge in [0.1, 0.15) is 6.04 Å². The molecule has 0 aromatic carbocycles. The molecule has 16 heavy (non-hydrogen) atoms. The van der Waals surface area contributed by atoms with Crippen LogP contribution in [0.25, 0.3) is 0 Å². The Kier molecular flexibility index (Phi) is 9.18. The number of hydrogen-bond acceptors (Lipinski definition) is 4. The molecule has 0 aliphatic heterocycles. The van der Waals surface area contributed by atoms with E-state index >= 15 is 0 Å². The second kappa shape index (κ2) is 9.57. The SMILES string of the molecule is CCCN(CC)CCNC(COC)C(=O)O. The van der Waals surface area contributed by atoms with Gasteiger partial charge in [-0.1, -0.05) is 13.8 Å². The summed E-state index contributed by atoms with van der Waals surface area (Å²) in [5.74, 6) is -0.861. The van der Waals surface area contributed by atoms with Crippen molar-refractivity contribution in [2.45, 2.75) is 26.3 Å². The quantitative estimate of drug-likeness (QED) is 0.571. The fourth-order valence-electron chi connectivity index (χ4n) is 1.53. The van der Waals surface area contributed by atoms with Gasteiger partial charge in [-0.05, 0) is 19.5 Å². The number of nitrogens with one attached hydrogen (secondary N) is 1. The van der Waals surface area contributed by atoms with Crippen LogP contribution in [-0.4, -0.2) is 61.9 Å². The van der Waals surface area contributed by atoms with Gasteiger partial charge in [0.05, 0.1) is 6.61 Å². The molecule has 0 fully saturated rings. The van der Waals surface area contributed by atoms with Crippen molar-refractivity contribution >= 4 is 5.97 Å². The van der Waals surface area contributed by atoms with Gasteiger partial charge in [0, 0.05) is 20.2 Å². The Hall–Kier alpha value is -0.650. The monoisotopic (exact) mass is 232 g/mol. The Bertz CT molecular complexity index is 188. The molecule has 0 spiro atoms. The lowest BCUT2D eigenvalue weighted by Gasteiger charge is -2.21. The number of likely N-dealkylation sites (N-methyl/N-ethyl adjacent to an activating group) is 1. The third kappa shape index (κ3) is 6.76. The van der Waals surface area contributed by atoms with Crippen LogP contribution in [-0.2, 0) is 9.53 Å². The maximum absolute atomic E-state index is 10.8. The molecule has 0 aromatic heterocycles. The zero-order valence-electron chi connectivity index (χ0n) is 10.5. The predicted molar refractivity (Wildman–Crippen MR) is 63.7 cm³/mol. The van der Waals surface area contributed by atoms with Crippen LogP contribution >= 0.6 is 0 Å². The van der Waals surface area contributed by atoms with Gasteiger partial charge in [0.15, 0.2) is 0 Å². The lowest BCUT2D eigenvalue weighted by molar-refractivity contribution is -0.140. The summed E-state index contributed by atoms with van der Waals surface area (Å²) in [5.41, 5.74) is 0. The first kappa shape index (κ1) is 15.3. The van der Waals surface area contributed by atoms with E-state index in [0.29, 0.717) is 6.54 Å². The Morgan fingerprint density at radius 1 is 1.44 bits per heavy atom. The minimum Gasteiger partial charge on any atom is -0.480 e. The lowest BCUT2D eigenvalue weighted by Crippen LogP contribution is -2.44. The van der Waals surface area contributed by atoms with Gasteiger partial charge in [-0.25, -0.2) is 0 Å². The second-order valence-electron chi connectivity index (χ2n) is 3.73. The molecule has 0 saturated carbocycles. The summed E-state index contributed by atoms with van der Waals surface area (Å²) in [6.07, 6.45) is 1.12. The van der Waals surface area contributed by atoms with Crippen LogP contribution in [0.4, 0.5) is 0 Å². The van der Waals surface area contributed by atoms with E-state index < -0.39 is 12.0 Å². The van der Waals surface area contributed by atoms with Crippen LogP contribution in [0.2, 0.25) is 0 Å². The van der Waals surface area contributed by atoms with E-state index in [2.05, 4.69) is 24.1 Å². The number of carboxylic acid groups (broad SMARTS) is 1. The van der Waals surface area contributed by atoms with E-state index in [1.165, 1.54) is 7.11 Å². The molecule has 0 saturated heterocycles. The average molecular weight is 232 g/mol. The number of methoxy groups -OCH3 is 1. The van der Waals surface area contributed by atoms with Crippen LogP contribution in [0.15, 0.2) is 0 Å². The molecular formula is C11H24N2O3. The topological polar surface area (TPSA) is 61.8 Å². The summed E-state index contributed by atoms with van der Waals surface area (Å²) < 4.78 is 4.84. The number of ether oxygens (including phenoxy) is 1. The highest BCUT2D eigenvalue weighted by atomic mass is 16.5. The molecule has 5 nitrogen and oxygen atoms in total. The molecule has 0 aliphatic carbocycles. The van der Waals surface area contributed by atoms with Gasteiger partial charge in [0.25, 0.3) is 0 Å². The summed E-state index contributed by atoms with van der Waals surface area (Å²) in [5, 5.41) is 11.9. The van der Waals surface area contributed by atoms with E-state index in [4.69, 9.17) is 9.84 Å². The summed E-state index contributed by atoms with van der Waals surface area (Å²) >= 11 is 0. The Morgan fingerprint density at radius 2 is 2.12 bits per heavy atom. The molecule has 1 unspecified atom stereocenters. The second-order valence-corrected chi connectivity index (χ2v) is 3.73. The van der Waals surface area contributed by atoms with Crippen LogP contribution in [0.1, 0.15) is 20.3 Å². The highest BCUT2D eigenvalue weighted by molar-refractivity contribution is 5.73. The number of carboxylic acids is 1. The lowest BCUT2D eigenvalue weighted by atomic mass is 10.3. The van der Waals surface area contributed by atoms with Crippen molar-refractivity contribution in [3.05, 3.63) is 0 Å². The fraction of sp³-hybridized carbons (Fsp3) is 0.909. The summed E-state index contributed by atoms with van der Waals surface area (Å²) in [6, 6.07) is -0.606. The molecule has 5 heteroatoms. The average Bonchev–Trinajstić information content (AvgIpc) is 2.26. The molecule has 0 rings (SSSR count). The predicted octanol–water partition coefficient (Wildman–Crippen LogP) is 0.408. The number of aliphatic carboxylic acids is 1. The Morgan fingerprint density at radius 3 is 2.56 bits per heavy atom. The first-order valence-corrected chi connectivity index (χ1v) is 5.83. The van der Waals surface area contributed by atoms with Crippen LogP contribution in [0.3, 0.4) is 0 Å². The van der Waals surface area contributed by atoms with E-state index in [-0.39, 0.29) is 6.61 Å². The molecule has 0 bridgehead atoms. The molecule has 0 amide bonds. The highest BCUT2D eigenvalue weighted by Crippen LogP contribution is 1.91. The molecule has 2 N–H and O–H groups in total. The maximum Gasteiger partial charge on any atom is 0.323 e. The van der Waals surface area contributed by atoms with Crippen LogP contribution in [0, 0.1) is 0 Å². The zero-order valence-corrected chi connectivity index (χ0v) is 10.5. The number of hydrogen-bond donors (Lipinski definition) is 2. The van der Waals surface area contributed by atoms with E-state index in [0.717, 1.165) is 26.1 Å². The van der Waals surface area contributed by atoms with E-state index in [1.807, 2.05) is 0 Å². The van der Waals surface area contributed by atoms with Crippen molar-refractivity contribution in [2.24, 2.45) is 0 Å². The molecule has 0 aliphatic rings. The standard InChI is InChI=1S/C11H24N2O3/c1-4-7-13(5-2)8-6-12-10(9-16-3)11(14)15/h10,12H,4-9H2,1-3H3,(H,14,15). The van der Waals surface area contributed by atoms with Crippen molar-refractivity contribution in [3.8, 4) is 0 Å². The Labute approximate surface area is 97.8 Å². The number of rotatable bonds is 10. The van der Waals surface area contributed by atoms with Crippen molar-refractivity contribution in [3.63, 3.8) is 0 Å². The zero-order chi connectivity index (χ0) is 12.4. The largest absolute Gasteiger partial charge is 0.480 e. The third-order valence-electron chi connectivity index (χ3n) is 2.44. The number of nitrogens with zero attached hydrogens (tertiary/aromatic N) is 1. The van der Waals surface area contributed by atoms with Gasteiger partial charge in [-0.2, -0.15) is 0 Å². The maximum atomic E-state index is 10.8. The molecule has 96 valence electrons. The van der Waals surface area contributed by atoms with Crippen molar-refractivity contribution in [1.82, 2.24) is 10.2 Å². The molecule has 0 radical (unpaired) electrons. The Balaban J connectivity index is 3.78. The first-order chi connectivity index (χ1) is 7.65. The van der Waals surface area contributed by atoms with Crippen molar-refractivity contribution in [1.29, 1.82) is 0 Å². The summed E-state index contributed by atoms with van der Waals surface area (Å²) in [6.45, 7) is 8.06. The first-order valence-electron chi connectivity index (χ1n) is 5.83.